The molecule has 0 aliphatic carbocycles. The normalized spacial score (nSPS) is 23.5. The lowest BCUT2D eigenvalue weighted by atomic mass is 9.97. The van der Waals surface area contributed by atoms with E-state index in [0.29, 0.717) is 11.3 Å². The zero-order chi connectivity index (χ0) is 13.9. The number of unbranched alkanes of at least 4 members (excludes halogenated alkanes) is 1. The first-order valence-electron chi connectivity index (χ1n) is 7.32. The van der Waals surface area contributed by atoms with Crippen LogP contribution in [0.15, 0.2) is 35.3 Å². The average molecular weight is 275 g/mol. The van der Waals surface area contributed by atoms with Crippen molar-refractivity contribution in [3.8, 4) is 0 Å². The molecule has 0 aromatic heterocycles. The lowest BCUT2D eigenvalue weighted by Gasteiger charge is -2.19. The van der Waals surface area contributed by atoms with Crippen LogP contribution in [0.25, 0.3) is 0 Å². The van der Waals surface area contributed by atoms with Crippen molar-refractivity contribution >= 4 is 16.8 Å². The lowest BCUT2D eigenvalue weighted by Crippen LogP contribution is -2.16. The van der Waals surface area contributed by atoms with Crippen molar-refractivity contribution in [3.05, 3.63) is 35.9 Å². The predicted octanol–water partition coefficient (Wildman–Crippen LogP) is 5.48. The monoisotopic (exact) mass is 275 g/mol. The largest absolute Gasteiger partial charge is 0.273 e. The molecule has 2 heteroatoms. The number of hydrogen-bond acceptors (Lipinski definition) is 2. The molecule has 2 atom stereocenters. The summed E-state index contributed by atoms with van der Waals surface area (Å²) in [6.07, 6.45) is 3.83. The van der Waals surface area contributed by atoms with Crippen LogP contribution in [0.1, 0.15) is 58.6 Å². The van der Waals surface area contributed by atoms with Gasteiger partial charge in [0.2, 0.25) is 0 Å². The highest BCUT2D eigenvalue weighted by Gasteiger charge is 2.35. The molecular weight excluding hydrogens is 250 g/mol. The molecule has 0 spiro atoms. The van der Waals surface area contributed by atoms with E-state index in [1.54, 1.807) is 0 Å². The minimum absolute atomic E-state index is 0.179. The van der Waals surface area contributed by atoms with Crippen LogP contribution in [0.3, 0.4) is 0 Å². The Kier molecular flexibility index (Phi) is 4.72. The Labute approximate surface area is 121 Å². The van der Waals surface area contributed by atoms with Crippen LogP contribution in [0, 0.1) is 5.41 Å². The number of thioether (sulfide) groups is 1. The summed E-state index contributed by atoms with van der Waals surface area (Å²) >= 11 is 2.01. The molecule has 1 aliphatic rings. The Balaban J connectivity index is 2.22. The van der Waals surface area contributed by atoms with Gasteiger partial charge in [-0.2, -0.15) is 0 Å². The van der Waals surface area contributed by atoms with E-state index in [4.69, 9.17) is 4.99 Å². The Morgan fingerprint density at radius 2 is 1.84 bits per heavy atom. The van der Waals surface area contributed by atoms with Gasteiger partial charge in [0.05, 0.1) is 11.1 Å². The molecule has 1 aromatic carbocycles. The summed E-state index contributed by atoms with van der Waals surface area (Å²) < 4.78 is 0. The SMILES string of the molecule is CCCC[C@@H]1SC(C(C)(C)C)=N[C@H]1c1ccccc1. The van der Waals surface area contributed by atoms with Gasteiger partial charge in [0, 0.05) is 10.7 Å². The van der Waals surface area contributed by atoms with Gasteiger partial charge in [-0.15, -0.1) is 11.8 Å². The fraction of sp³-hybridized carbons (Fsp3) is 0.588. The van der Waals surface area contributed by atoms with Crippen molar-refractivity contribution in [1.29, 1.82) is 0 Å². The Morgan fingerprint density at radius 3 is 2.42 bits per heavy atom. The highest BCUT2D eigenvalue weighted by molar-refractivity contribution is 8.14. The van der Waals surface area contributed by atoms with Crippen LogP contribution in [0.2, 0.25) is 0 Å². The lowest BCUT2D eigenvalue weighted by molar-refractivity contribution is 0.584. The van der Waals surface area contributed by atoms with Crippen LogP contribution in [-0.4, -0.2) is 10.3 Å². The molecule has 1 aromatic rings. The molecule has 0 unspecified atom stereocenters. The molecular formula is C17H25NS. The minimum atomic E-state index is 0.179. The summed E-state index contributed by atoms with van der Waals surface area (Å²) in [5, 5.41) is 1.94. The maximum atomic E-state index is 5.04. The standard InChI is InChI=1S/C17H25NS/c1-5-6-12-14-15(13-10-8-7-9-11-13)18-16(19-14)17(2,3)4/h7-11,14-15H,5-6,12H2,1-4H3/t14-,15-/m0/s1. The molecule has 0 radical (unpaired) electrons. The predicted molar refractivity (Wildman–Crippen MR) is 87.0 cm³/mol. The van der Waals surface area contributed by atoms with Crippen LogP contribution in [0.5, 0.6) is 0 Å². The van der Waals surface area contributed by atoms with Crippen LogP contribution < -0.4 is 0 Å². The number of hydrogen-bond donors (Lipinski definition) is 0. The molecule has 1 nitrogen and oxygen atoms in total. The summed E-state index contributed by atoms with van der Waals surface area (Å²) in [6.45, 7) is 9.07. The summed E-state index contributed by atoms with van der Waals surface area (Å²) in [6, 6.07) is 11.1. The van der Waals surface area contributed by atoms with Gasteiger partial charge in [-0.05, 0) is 12.0 Å². The van der Waals surface area contributed by atoms with Gasteiger partial charge in [0.1, 0.15) is 0 Å². The van der Waals surface area contributed by atoms with Gasteiger partial charge in [0.25, 0.3) is 0 Å². The van der Waals surface area contributed by atoms with Gasteiger partial charge in [-0.1, -0.05) is 70.9 Å². The maximum Gasteiger partial charge on any atom is 0.0881 e. The Bertz CT molecular complexity index is 430. The molecule has 0 saturated heterocycles. The van der Waals surface area contributed by atoms with Crippen molar-refractivity contribution in [3.63, 3.8) is 0 Å². The topological polar surface area (TPSA) is 12.4 Å². The molecule has 1 heterocycles. The second-order valence-corrected chi connectivity index (χ2v) is 7.57. The highest BCUT2D eigenvalue weighted by Crippen LogP contribution is 2.44. The number of rotatable bonds is 4. The van der Waals surface area contributed by atoms with Gasteiger partial charge >= 0.3 is 0 Å². The molecule has 1 aliphatic heterocycles. The molecule has 0 fully saturated rings. The molecule has 0 N–H and O–H groups in total. The third-order valence-corrected chi connectivity index (χ3v) is 5.23. The first-order chi connectivity index (χ1) is 9.02. The van der Waals surface area contributed by atoms with E-state index in [1.165, 1.54) is 29.9 Å². The van der Waals surface area contributed by atoms with Crippen molar-refractivity contribution < 1.29 is 0 Å². The van der Waals surface area contributed by atoms with Crippen molar-refractivity contribution in [1.82, 2.24) is 0 Å². The first-order valence-corrected chi connectivity index (χ1v) is 8.20. The first kappa shape index (κ1) is 14.6. The van der Waals surface area contributed by atoms with Crippen molar-refractivity contribution in [2.75, 3.05) is 0 Å². The third-order valence-electron chi connectivity index (χ3n) is 3.50. The molecule has 104 valence electrons. The average Bonchev–Trinajstić information content (AvgIpc) is 2.81. The zero-order valence-electron chi connectivity index (χ0n) is 12.5. The molecule has 0 bridgehead atoms. The smallest absolute Gasteiger partial charge is 0.0881 e. The fourth-order valence-corrected chi connectivity index (χ4v) is 3.83. The minimum Gasteiger partial charge on any atom is -0.273 e. The van der Waals surface area contributed by atoms with Crippen LogP contribution in [0.4, 0.5) is 0 Å². The summed E-state index contributed by atoms with van der Waals surface area (Å²) in [7, 11) is 0. The van der Waals surface area contributed by atoms with E-state index in [1.807, 2.05) is 11.8 Å². The van der Waals surface area contributed by atoms with Gasteiger partial charge in [-0.3, -0.25) is 4.99 Å². The number of benzene rings is 1. The van der Waals surface area contributed by atoms with E-state index in [0.717, 1.165) is 0 Å². The summed E-state index contributed by atoms with van der Waals surface area (Å²) in [5.74, 6) is 0. The van der Waals surface area contributed by atoms with Crippen LogP contribution >= 0.6 is 11.8 Å². The Morgan fingerprint density at radius 1 is 1.16 bits per heavy atom. The number of nitrogens with zero attached hydrogens (tertiary/aromatic N) is 1. The zero-order valence-corrected chi connectivity index (χ0v) is 13.3. The van der Waals surface area contributed by atoms with E-state index in [-0.39, 0.29) is 5.41 Å². The van der Waals surface area contributed by atoms with Gasteiger partial charge in [-0.25, -0.2) is 0 Å². The fourth-order valence-electron chi connectivity index (χ4n) is 2.38. The summed E-state index contributed by atoms with van der Waals surface area (Å²) in [5.41, 5.74) is 1.55. The van der Waals surface area contributed by atoms with E-state index in [2.05, 4.69) is 58.0 Å². The Hall–Kier alpha value is -0.760. The van der Waals surface area contributed by atoms with Crippen LogP contribution in [-0.2, 0) is 0 Å². The van der Waals surface area contributed by atoms with Gasteiger partial charge < -0.3 is 0 Å². The van der Waals surface area contributed by atoms with Crippen molar-refractivity contribution in [2.45, 2.75) is 58.2 Å². The number of aliphatic imine (C=N–C) groups is 1. The third kappa shape index (κ3) is 3.62. The van der Waals surface area contributed by atoms with Gasteiger partial charge in [0.15, 0.2) is 0 Å². The molecule has 19 heavy (non-hydrogen) atoms. The quantitative estimate of drug-likeness (QED) is 0.709. The molecule has 2 rings (SSSR count). The van der Waals surface area contributed by atoms with Crippen molar-refractivity contribution in [2.24, 2.45) is 10.4 Å². The molecule has 0 saturated carbocycles. The second-order valence-electron chi connectivity index (χ2n) is 6.34. The maximum absolute atomic E-state index is 5.04. The van der Waals surface area contributed by atoms with E-state index in [9.17, 15) is 0 Å². The second kappa shape index (κ2) is 6.13. The highest BCUT2D eigenvalue weighted by atomic mass is 32.2. The van der Waals surface area contributed by atoms with E-state index < -0.39 is 0 Å². The van der Waals surface area contributed by atoms with E-state index >= 15 is 0 Å². The molecule has 0 amide bonds. The summed E-state index contributed by atoms with van der Waals surface area (Å²) in [4.78, 5) is 5.04.